The van der Waals surface area contributed by atoms with Crippen LogP contribution in [0.2, 0.25) is 0 Å². The number of aliphatic hydroxyl groups is 1. The maximum atomic E-state index is 12.4. The monoisotopic (exact) mass is 328 g/mol. The summed E-state index contributed by atoms with van der Waals surface area (Å²) in [7, 11) is 0. The minimum atomic E-state index is -0.467. The highest BCUT2D eigenvalue weighted by atomic mass is 16.3. The Hall–Kier alpha value is -2.34. The average molecular weight is 328 g/mol. The molecule has 0 saturated heterocycles. The van der Waals surface area contributed by atoms with E-state index >= 15 is 0 Å². The molecule has 1 fully saturated rings. The lowest BCUT2D eigenvalue weighted by molar-refractivity contribution is 0.162. The minimum Gasteiger partial charge on any atom is -0.394 e. The van der Waals surface area contributed by atoms with E-state index in [1.807, 2.05) is 43.5 Å². The molecule has 3 rings (SSSR count). The maximum absolute atomic E-state index is 12.4. The summed E-state index contributed by atoms with van der Waals surface area (Å²) < 4.78 is 1.79. The number of carbonyl (C=O) groups is 1. The molecule has 128 valence electrons. The number of urea groups is 1. The molecule has 24 heavy (non-hydrogen) atoms. The molecule has 3 N–H and O–H groups in total. The van der Waals surface area contributed by atoms with Crippen LogP contribution in [0.1, 0.15) is 44.2 Å². The standard InChI is InChI=1S/C18H24N4O2/c1-14(20-17(24)21-18(13-23)9-4-5-10-18)15-7-2-3-8-16(15)22-12-6-11-19-22/h2-3,6-8,11-12,14,23H,4-5,9-10,13H2,1H3,(H2,20,21,24). The predicted molar refractivity (Wildman–Crippen MR) is 91.9 cm³/mol. The van der Waals surface area contributed by atoms with Crippen molar-refractivity contribution in [3.63, 3.8) is 0 Å². The van der Waals surface area contributed by atoms with Crippen LogP contribution in [0.4, 0.5) is 4.79 Å². The van der Waals surface area contributed by atoms with Crippen molar-refractivity contribution < 1.29 is 9.90 Å². The molecule has 0 aliphatic heterocycles. The fourth-order valence-electron chi connectivity index (χ4n) is 3.40. The van der Waals surface area contributed by atoms with Gasteiger partial charge >= 0.3 is 6.03 Å². The Bertz CT molecular complexity index is 678. The Labute approximate surface area is 141 Å². The number of hydrogen-bond donors (Lipinski definition) is 3. The van der Waals surface area contributed by atoms with Crippen LogP contribution in [0.5, 0.6) is 0 Å². The molecule has 1 aliphatic rings. The smallest absolute Gasteiger partial charge is 0.315 e. The first-order chi connectivity index (χ1) is 11.6. The van der Waals surface area contributed by atoms with Crippen molar-refractivity contribution in [2.45, 2.75) is 44.2 Å². The van der Waals surface area contributed by atoms with Crippen molar-refractivity contribution in [3.8, 4) is 5.69 Å². The number of benzene rings is 1. The topological polar surface area (TPSA) is 79.2 Å². The van der Waals surface area contributed by atoms with Crippen LogP contribution < -0.4 is 10.6 Å². The Morgan fingerprint density at radius 3 is 2.75 bits per heavy atom. The summed E-state index contributed by atoms with van der Waals surface area (Å²) in [5.41, 5.74) is 1.46. The molecular weight excluding hydrogens is 304 g/mol. The van der Waals surface area contributed by atoms with E-state index < -0.39 is 5.54 Å². The predicted octanol–water partition coefficient (Wildman–Crippen LogP) is 2.54. The van der Waals surface area contributed by atoms with Gasteiger partial charge in [0.2, 0.25) is 0 Å². The van der Waals surface area contributed by atoms with Crippen molar-refractivity contribution in [2.75, 3.05) is 6.61 Å². The van der Waals surface area contributed by atoms with Gasteiger partial charge in [0.1, 0.15) is 0 Å². The molecule has 1 saturated carbocycles. The number of rotatable bonds is 5. The molecular formula is C18H24N4O2. The molecule has 2 aromatic rings. The minimum absolute atomic E-state index is 0.0152. The lowest BCUT2D eigenvalue weighted by atomic mass is 9.99. The fraction of sp³-hybridized carbons (Fsp3) is 0.444. The maximum Gasteiger partial charge on any atom is 0.315 e. The molecule has 6 heteroatoms. The summed E-state index contributed by atoms with van der Waals surface area (Å²) in [5.74, 6) is 0. The van der Waals surface area contributed by atoms with Gasteiger partial charge in [0.15, 0.2) is 0 Å². The first-order valence-electron chi connectivity index (χ1n) is 8.42. The van der Waals surface area contributed by atoms with Crippen molar-refractivity contribution in [2.24, 2.45) is 0 Å². The highest BCUT2D eigenvalue weighted by Gasteiger charge is 2.34. The van der Waals surface area contributed by atoms with Gasteiger partial charge in [0.25, 0.3) is 0 Å². The highest BCUT2D eigenvalue weighted by Crippen LogP contribution is 2.29. The second kappa shape index (κ2) is 7.05. The number of hydrogen-bond acceptors (Lipinski definition) is 3. The van der Waals surface area contributed by atoms with Gasteiger partial charge < -0.3 is 15.7 Å². The van der Waals surface area contributed by atoms with Gasteiger partial charge in [-0.3, -0.25) is 0 Å². The third-order valence-corrected chi connectivity index (χ3v) is 4.74. The van der Waals surface area contributed by atoms with Crippen LogP contribution >= 0.6 is 0 Å². The van der Waals surface area contributed by atoms with E-state index in [4.69, 9.17) is 0 Å². The molecule has 0 bridgehead atoms. The molecule has 0 spiro atoms. The van der Waals surface area contributed by atoms with E-state index in [1.165, 1.54) is 0 Å². The summed E-state index contributed by atoms with van der Waals surface area (Å²) in [6.07, 6.45) is 7.35. The van der Waals surface area contributed by atoms with E-state index in [9.17, 15) is 9.90 Å². The van der Waals surface area contributed by atoms with Gasteiger partial charge in [-0.05, 0) is 37.5 Å². The van der Waals surface area contributed by atoms with Crippen molar-refractivity contribution in [1.29, 1.82) is 0 Å². The van der Waals surface area contributed by atoms with E-state index in [0.717, 1.165) is 36.9 Å². The van der Waals surface area contributed by atoms with Crippen LogP contribution in [0, 0.1) is 0 Å². The summed E-state index contributed by atoms with van der Waals surface area (Å²) >= 11 is 0. The van der Waals surface area contributed by atoms with E-state index in [0.29, 0.717) is 0 Å². The first kappa shape index (κ1) is 16.5. The average Bonchev–Trinajstić information content (AvgIpc) is 3.27. The molecule has 2 amide bonds. The zero-order valence-corrected chi connectivity index (χ0v) is 13.9. The second-order valence-electron chi connectivity index (χ2n) is 6.48. The van der Waals surface area contributed by atoms with E-state index in [1.54, 1.807) is 10.9 Å². The summed E-state index contributed by atoms with van der Waals surface area (Å²) in [5, 5.41) is 19.9. The van der Waals surface area contributed by atoms with Gasteiger partial charge in [-0.15, -0.1) is 0 Å². The van der Waals surface area contributed by atoms with Crippen LogP contribution in [0.25, 0.3) is 5.69 Å². The third kappa shape index (κ3) is 3.43. The number of aliphatic hydroxyl groups excluding tert-OH is 1. The lowest BCUT2D eigenvalue weighted by Crippen LogP contribution is -2.53. The Morgan fingerprint density at radius 1 is 1.33 bits per heavy atom. The fourth-order valence-corrected chi connectivity index (χ4v) is 3.40. The normalized spacial score (nSPS) is 17.4. The molecule has 1 heterocycles. The van der Waals surface area contributed by atoms with E-state index in [2.05, 4.69) is 15.7 Å². The zero-order chi connectivity index (χ0) is 17.0. The quantitative estimate of drug-likeness (QED) is 0.789. The SMILES string of the molecule is CC(NC(=O)NC1(CO)CCCC1)c1ccccc1-n1cccn1. The molecule has 1 atom stereocenters. The van der Waals surface area contributed by atoms with Crippen molar-refractivity contribution in [3.05, 3.63) is 48.3 Å². The summed E-state index contributed by atoms with van der Waals surface area (Å²) in [4.78, 5) is 12.4. The largest absolute Gasteiger partial charge is 0.394 e. The van der Waals surface area contributed by atoms with Crippen molar-refractivity contribution in [1.82, 2.24) is 20.4 Å². The molecule has 1 aliphatic carbocycles. The Morgan fingerprint density at radius 2 is 2.08 bits per heavy atom. The summed E-state index contributed by atoms with van der Waals surface area (Å²) in [6, 6.07) is 9.31. The van der Waals surface area contributed by atoms with Crippen LogP contribution in [0.3, 0.4) is 0 Å². The summed E-state index contributed by atoms with van der Waals surface area (Å²) in [6.45, 7) is 1.93. The number of amides is 2. The number of aromatic nitrogens is 2. The highest BCUT2D eigenvalue weighted by molar-refractivity contribution is 5.75. The van der Waals surface area contributed by atoms with E-state index in [-0.39, 0.29) is 18.7 Å². The second-order valence-corrected chi connectivity index (χ2v) is 6.48. The van der Waals surface area contributed by atoms with Gasteiger partial charge in [-0.25, -0.2) is 9.48 Å². The van der Waals surface area contributed by atoms with Crippen LogP contribution in [0.15, 0.2) is 42.7 Å². The molecule has 1 aromatic carbocycles. The van der Waals surface area contributed by atoms with Gasteiger partial charge in [0, 0.05) is 12.4 Å². The third-order valence-electron chi connectivity index (χ3n) is 4.74. The van der Waals surface area contributed by atoms with Gasteiger partial charge in [0.05, 0.1) is 23.9 Å². The van der Waals surface area contributed by atoms with Gasteiger partial charge in [-0.2, -0.15) is 5.10 Å². The molecule has 6 nitrogen and oxygen atoms in total. The Balaban J connectivity index is 1.71. The zero-order valence-electron chi connectivity index (χ0n) is 13.9. The van der Waals surface area contributed by atoms with Crippen LogP contribution in [-0.4, -0.2) is 33.1 Å². The van der Waals surface area contributed by atoms with Crippen LogP contribution in [-0.2, 0) is 0 Å². The number of para-hydroxylation sites is 1. The number of carbonyl (C=O) groups excluding carboxylic acids is 1. The number of nitrogens with one attached hydrogen (secondary N) is 2. The molecule has 0 radical (unpaired) electrons. The lowest BCUT2D eigenvalue weighted by Gasteiger charge is -2.29. The van der Waals surface area contributed by atoms with Crippen molar-refractivity contribution >= 4 is 6.03 Å². The van der Waals surface area contributed by atoms with Gasteiger partial charge in [-0.1, -0.05) is 31.0 Å². The molecule has 1 unspecified atom stereocenters. The first-order valence-corrected chi connectivity index (χ1v) is 8.42. The Kier molecular flexibility index (Phi) is 4.85. The molecule has 1 aromatic heterocycles. The number of nitrogens with zero attached hydrogens (tertiary/aromatic N) is 2.